The van der Waals surface area contributed by atoms with Gasteiger partial charge in [-0.2, -0.15) is 13.2 Å². The molecule has 0 bridgehead atoms. The number of urea groups is 1. The fourth-order valence-corrected chi connectivity index (χ4v) is 3.91. The number of nitrogens with one attached hydrogen (secondary N) is 3. The first-order valence-corrected chi connectivity index (χ1v) is 11.4. The van der Waals surface area contributed by atoms with Crippen LogP contribution in [0.1, 0.15) is 25.8 Å². The molecule has 0 unspecified atom stereocenters. The Kier molecular flexibility index (Phi) is 8.11. The van der Waals surface area contributed by atoms with E-state index in [4.69, 9.17) is 11.6 Å². The Balaban J connectivity index is 1.69. The molecule has 0 saturated heterocycles. The van der Waals surface area contributed by atoms with E-state index >= 15 is 0 Å². The fraction of sp³-hybridized carbons (Fsp3) is 0.273. The number of aromatic nitrogens is 2. The largest absolute Gasteiger partial charge is 0.416 e. The molecular formula is C22H21ClF3N5O2S. The van der Waals surface area contributed by atoms with E-state index in [0.717, 1.165) is 29.0 Å². The van der Waals surface area contributed by atoms with Crippen molar-refractivity contribution in [1.82, 2.24) is 15.5 Å². The molecule has 0 radical (unpaired) electrons. The van der Waals surface area contributed by atoms with Crippen molar-refractivity contribution in [1.29, 1.82) is 0 Å². The van der Waals surface area contributed by atoms with Gasteiger partial charge in [-0.1, -0.05) is 61.4 Å². The van der Waals surface area contributed by atoms with E-state index < -0.39 is 29.7 Å². The van der Waals surface area contributed by atoms with Crippen LogP contribution in [-0.4, -0.2) is 28.2 Å². The summed E-state index contributed by atoms with van der Waals surface area (Å²) in [5, 5.41) is 16.9. The van der Waals surface area contributed by atoms with Crippen molar-refractivity contribution in [2.24, 2.45) is 5.92 Å². The highest BCUT2D eigenvalue weighted by Gasteiger charge is 2.31. The van der Waals surface area contributed by atoms with E-state index in [0.29, 0.717) is 16.5 Å². The van der Waals surface area contributed by atoms with E-state index in [9.17, 15) is 22.8 Å². The molecule has 0 spiro atoms. The Morgan fingerprint density at radius 3 is 2.50 bits per heavy atom. The van der Waals surface area contributed by atoms with Crippen molar-refractivity contribution < 1.29 is 22.8 Å². The van der Waals surface area contributed by atoms with Crippen LogP contribution in [0, 0.1) is 5.92 Å². The van der Waals surface area contributed by atoms with Gasteiger partial charge in [-0.05, 0) is 36.2 Å². The van der Waals surface area contributed by atoms with E-state index in [2.05, 4.69) is 26.1 Å². The van der Waals surface area contributed by atoms with Crippen LogP contribution in [0.5, 0.6) is 0 Å². The van der Waals surface area contributed by atoms with Gasteiger partial charge in [-0.3, -0.25) is 10.1 Å². The number of carbonyl (C=O) groups excluding carboxylic acids is 2. The van der Waals surface area contributed by atoms with Crippen LogP contribution in [0.3, 0.4) is 0 Å². The molecule has 1 aromatic heterocycles. The highest BCUT2D eigenvalue weighted by molar-refractivity contribution is 7.18. The predicted molar refractivity (Wildman–Crippen MR) is 126 cm³/mol. The summed E-state index contributed by atoms with van der Waals surface area (Å²) in [6.45, 7) is 3.62. The number of benzene rings is 2. The van der Waals surface area contributed by atoms with Crippen molar-refractivity contribution in [2.45, 2.75) is 32.5 Å². The second-order valence-electron chi connectivity index (χ2n) is 7.45. The van der Waals surface area contributed by atoms with Gasteiger partial charge in [0.25, 0.3) is 0 Å². The van der Waals surface area contributed by atoms with Crippen molar-refractivity contribution >= 4 is 45.7 Å². The molecule has 0 aliphatic rings. The summed E-state index contributed by atoms with van der Waals surface area (Å²) in [5.74, 6) is -0.796. The topological polar surface area (TPSA) is 96.0 Å². The minimum Gasteiger partial charge on any atom is -0.326 e. The van der Waals surface area contributed by atoms with Crippen LogP contribution in [0.4, 0.5) is 28.8 Å². The number of halogens is 4. The number of hydrogen-bond acceptors (Lipinski definition) is 5. The Bertz CT molecular complexity index is 1170. The molecule has 7 nitrogen and oxygen atoms in total. The lowest BCUT2D eigenvalue weighted by Gasteiger charge is -2.23. The van der Waals surface area contributed by atoms with Crippen LogP contribution in [0.15, 0.2) is 48.5 Å². The lowest BCUT2D eigenvalue weighted by Crippen LogP contribution is -2.49. The number of amides is 3. The summed E-state index contributed by atoms with van der Waals surface area (Å²) in [5.41, 5.74) is -0.207. The number of alkyl halides is 3. The van der Waals surface area contributed by atoms with Gasteiger partial charge in [-0.15, -0.1) is 10.2 Å². The van der Waals surface area contributed by atoms with E-state index in [1.165, 1.54) is 12.1 Å². The second-order valence-corrected chi connectivity index (χ2v) is 8.87. The summed E-state index contributed by atoms with van der Waals surface area (Å²) in [4.78, 5) is 25.4. The number of anilines is 2. The summed E-state index contributed by atoms with van der Waals surface area (Å²) in [7, 11) is 0. The number of carbonyl (C=O) groups is 2. The maximum absolute atomic E-state index is 12.9. The molecule has 12 heteroatoms. The zero-order chi connectivity index (χ0) is 24.9. The van der Waals surface area contributed by atoms with Gasteiger partial charge in [0.05, 0.1) is 5.56 Å². The molecule has 0 saturated carbocycles. The number of hydrogen-bond donors (Lipinski definition) is 3. The first-order chi connectivity index (χ1) is 16.1. The summed E-state index contributed by atoms with van der Waals surface area (Å²) in [6, 6.07) is 9.47. The standard InChI is InChI=1S/C22H21ClF3N5O2S/c1-3-12(2)17(28-20(33)27-16-9-5-7-14(11-16)22(24,25)26)18(32)29-21-31-30-19(34-21)13-6-4-8-15(23)10-13/h4-12,17H,3H2,1-2H3,(H2,27,28,33)(H,29,31,32)/t12-,17+/m1/s1. The molecule has 0 aliphatic heterocycles. The summed E-state index contributed by atoms with van der Waals surface area (Å²) in [6.07, 6.45) is -3.98. The quantitative estimate of drug-likeness (QED) is 0.359. The Hall–Kier alpha value is -3.18. The first kappa shape index (κ1) is 25.4. The van der Waals surface area contributed by atoms with Crippen molar-refractivity contribution in [3.63, 3.8) is 0 Å². The molecule has 2 atom stereocenters. The van der Waals surface area contributed by atoms with Crippen LogP contribution in [0.2, 0.25) is 5.02 Å². The minimum atomic E-state index is -4.54. The van der Waals surface area contributed by atoms with Crippen molar-refractivity contribution in [2.75, 3.05) is 10.6 Å². The van der Waals surface area contributed by atoms with Gasteiger partial charge in [0.15, 0.2) is 0 Å². The van der Waals surface area contributed by atoms with Gasteiger partial charge >= 0.3 is 12.2 Å². The molecule has 0 aliphatic carbocycles. The zero-order valence-corrected chi connectivity index (χ0v) is 19.7. The predicted octanol–water partition coefficient (Wildman–Crippen LogP) is 6.05. The number of rotatable bonds is 7. The SMILES string of the molecule is CC[C@@H](C)[C@H](NC(=O)Nc1cccc(C(F)(F)F)c1)C(=O)Nc1nnc(-c2cccc(Cl)c2)s1. The smallest absolute Gasteiger partial charge is 0.326 e. The average molecular weight is 512 g/mol. The monoisotopic (exact) mass is 511 g/mol. The third-order valence-electron chi connectivity index (χ3n) is 4.96. The van der Waals surface area contributed by atoms with Crippen molar-refractivity contribution in [3.8, 4) is 10.6 Å². The van der Waals surface area contributed by atoms with E-state index in [1.807, 2.05) is 6.92 Å². The maximum atomic E-state index is 12.9. The average Bonchev–Trinajstić information content (AvgIpc) is 3.25. The van der Waals surface area contributed by atoms with Crippen LogP contribution >= 0.6 is 22.9 Å². The van der Waals surface area contributed by atoms with Crippen molar-refractivity contribution in [3.05, 3.63) is 59.1 Å². The summed E-state index contributed by atoms with van der Waals surface area (Å²) >= 11 is 7.14. The zero-order valence-electron chi connectivity index (χ0n) is 18.1. The molecule has 180 valence electrons. The third kappa shape index (κ3) is 6.67. The molecule has 3 aromatic rings. The molecule has 0 fully saturated rings. The van der Waals surface area contributed by atoms with E-state index in [-0.39, 0.29) is 16.7 Å². The second kappa shape index (κ2) is 10.8. The van der Waals surface area contributed by atoms with Crippen LogP contribution in [-0.2, 0) is 11.0 Å². The highest BCUT2D eigenvalue weighted by atomic mass is 35.5. The molecule has 3 amide bonds. The Morgan fingerprint density at radius 1 is 1.09 bits per heavy atom. The van der Waals surface area contributed by atoms with Gasteiger partial charge in [0, 0.05) is 16.3 Å². The van der Waals surface area contributed by atoms with Crippen LogP contribution in [0.25, 0.3) is 10.6 Å². The third-order valence-corrected chi connectivity index (χ3v) is 6.08. The Morgan fingerprint density at radius 2 is 1.82 bits per heavy atom. The number of nitrogens with zero attached hydrogens (tertiary/aromatic N) is 2. The van der Waals surface area contributed by atoms with Gasteiger partial charge in [0.2, 0.25) is 11.0 Å². The molecule has 2 aromatic carbocycles. The van der Waals surface area contributed by atoms with Gasteiger partial charge < -0.3 is 10.6 Å². The maximum Gasteiger partial charge on any atom is 0.416 e. The van der Waals surface area contributed by atoms with Gasteiger partial charge in [0.1, 0.15) is 11.0 Å². The molecule has 3 N–H and O–H groups in total. The normalized spacial score (nSPS) is 13.1. The lowest BCUT2D eigenvalue weighted by molar-refractivity contribution is -0.137. The molecular weight excluding hydrogens is 491 g/mol. The van der Waals surface area contributed by atoms with Gasteiger partial charge in [-0.25, -0.2) is 4.79 Å². The lowest BCUT2D eigenvalue weighted by atomic mass is 9.98. The molecule has 34 heavy (non-hydrogen) atoms. The fourth-order valence-electron chi connectivity index (χ4n) is 2.98. The highest BCUT2D eigenvalue weighted by Crippen LogP contribution is 2.31. The Labute approximate surface area is 202 Å². The van der Waals surface area contributed by atoms with E-state index in [1.54, 1.807) is 31.2 Å². The molecule has 3 rings (SSSR count). The minimum absolute atomic E-state index is 0.0501. The first-order valence-electron chi connectivity index (χ1n) is 10.2. The van der Waals surface area contributed by atoms with Crippen LogP contribution < -0.4 is 16.0 Å². The molecule has 1 heterocycles. The summed E-state index contributed by atoms with van der Waals surface area (Å²) < 4.78 is 38.7.